The molecule has 0 saturated heterocycles. The molecule has 0 aromatic carbocycles. The van der Waals surface area contributed by atoms with Crippen LogP contribution in [-0.2, 0) is 14.3 Å². The van der Waals surface area contributed by atoms with E-state index in [2.05, 4.69) is 20.4 Å². The van der Waals surface area contributed by atoms with Gasteiger partial charge in [0.25, 0.3) is 0 Å². The summed E-state index contributed by atoms with van der Waals surface area (Å²) in [5, 5.41) is 11.8. The van der Waals surface area contributed by atoms with E-state index in [9.17, 15) is 14.7 Å². The fourth-order valence-electron chi connectivity index (χ4n) is 7.50. The summed E-state index contributed by atoms with van der Waals surface area (Å²) in [4.78, 5) is 24.7. The number of ketones is 1. The molecule has 0 radical (unpaired) electrons. The summed E-state index contributed by atoms with van der Waals surface area (Å²) in [6, 6.07) is -0.222. The van der Waals surface area contributed by atoms with E-state index in [0.29, 0.717) is 42.8 Å². The summed E-state index contributed by atoms with van der Waals surface area (Å²) in [5.41, 5.74) is 5.48. The van der Waals surface area contributed by atoms with Crippen molar-refractivity contribution in [1.82, 2.24) is 0 Å². The second-order valence-corrected chi connectivity index (χ2v) is 11.0. The van der Waals surface area contributed by atoms with Crippen LogP contribution in [0.5, 0.6) is 0 Å². The number of esters is 1. The van der Waals surface area contributed by atoms with Crippen molar-refractivity contribution in [3.8, 4) is 0 Å². The van der Waals surface area contributed by atoms with Crippen LogP contribution in [-0.4, -0.2) is 34.6 Å². The Morgan fingerprint density at radius 2 is 2.00 bits per heavy atom. The Kier molecular flexibility index (Phi) is 5.02. The summed E-state index contributed by atoms with van der Waals surface area (Å²) in [6.45, 7) is 10.6. The van der Waals surface area contributed by atoms with Crippen molar-refractivity contribution in [3.63, 3.8) is 0 Å². The van der Waals surface area contributed by atoms with Crippen LogP contribution in [0, 0.1) is 28.6 Å². The van der Waals surface area contributed by atoms with Crippen molar-refractivity contribution in [2.75, 3.05) is 0 Å². The predicted octanol–water partition coefficient (Wildman–Crippen LogP) is 3.53. The molecule has 0 aromatic heterocycles. The van der Waals surface area contributed by atoms with E-state index in [4.69, 9.17) is 10.5 Å². The highest BCUT2D eigenvalue weighted by atomic mass is 16.5. The van der Waals surface area contributed by atoms with Gasteiger partial charge >= 0.3 is 5.97 Å². The maximum atomic E-state index is 12.6. The summed E-state index contributed by atoms with van der Waals surface area (Å²) in [6.07, 6.45) is 6.12. The molecule has 5 nitrogen and oxygen atoms in total. The first-order chi connectivity index (χ1) is 13.5. The minimum absolute atomic E-state index is 0.206. The van der Waals surface area contributed by atoms with Crippen molar-refractivity contribution in [2.24, 2.45) is 34.3 Å². The van der Waals surface area contributed by atoms with E-state index >= 15 is 0 Å². The van der Waals surface area contributed by atoms with Crippen LogP contribution in [0.1, 0.15) is 78.6 Å². The molecular formula is C24H37NO4. The molecule has 4 aliphatic carbocycles. The lowest BCUT2D eigenvalue weighted by atomic mass is 9.42. The summed E-state index contributed by atoms with van der Waals surface area (Å²) >= 11 is 0. The van der Waals surface area contributed by atoms with Gasteiger partial charge in [0.15, 0.2) is 0 Å². The largest absolute Gasteiger partial charge is 0.462 e. The topological polar surface area (TPSA) is 89.6 Å². The van der Waals surface area contributed by atoms with E-state index in [0.717, 1.165) is 37.7 Å². The maximum Gasteiger partial charge on any atom is 0.307 e. The molecular weight excluding hydrogens is 366 g/mol. The fraction of sp³-hybridized carbons (Fsp3) is 0.833. The number of rotatable bonds is 3. The molecule has 4 aliphatic rings. The van der Waals surface area contributed by atoms with Crippen LogP contribution in [0.2, 0.25) is 0 Å². The Labute approximate surface area is 174 Å². The van der Waals surface area contributed by atoms with E-state index in [1.165, 1.54) is 0 Å². The number of Topliss-reactive ketones (excluding diaryl/α,β-unsaturated/α-hetero) is 1. The Morgan fingerprint density at radius 1 is 1.28 bits per heavy atom. The number of aliphatic hydroxyl groups is 1. The highest BCUT2D eigenvalue weighted by molar-refractivity contribution is 5.87. The number of fused-ring (bicyclic) bond motifs is 5. The molecule has 4 fully saturated rings. The molecule has 162 valence electrons. The summed E-state index contributed by atoms with van der Waals surface area (Å²) in [7, 11) is 0. The average Bonchev–Trinajstić information content (AvgIpc) is 2.91. The predicted molar refractivity (Wildman–Crippen MR) is 111 cm³/mol. The van der Waals surface area contributed by atoms with Crippen molar-refractivity contribution < 1.29 is 19.4 Å². The van der Waals surface area contributed by atoms with Crippen LogP contribution in [0.4, 0.5) is 0 Å². The number of nitrogens with two attached hydrogens (primary N) is 1. The third-order valence-electron chi connectivity index (χ3n) is 9.19. The molecule has 8 atom stereocenters. The molecule has 0 heterocycles. The number of carbonyl (C=O) groups is 2. The molecule has 0 amide bonds. The quantitative estimate of drug-likeness (QED) is 0.556. The van der Waals surface area contributed by atoms with Gasteiger partial charge in [-0.2, -0.15) is 0 Å². The standard InChI is InChI=1S/C24H37NO4/c1-14-12-24(28)13-16(29-20(27)11-15(2)25)7-10-23(24,4)18-8-9-22(3)17(21(14)18)5-6-19(22)26/h15-18,21,28H,1,5-13,25H2,2-4H3/t15?,16-,17-,18-,21-,22-,23+,24+/m0/s1. The zero-order valence-corrected chi connectivity index (χ0v) is 18.2. The Balaban J connectivity index is 1.56. The van der Waals surface area contributed by atoms with Gasteiger partial charge in [0.05, 0.1) is 12.0 Å². The van der Waals surface area contributed by atoms with Gasteiger partial charge in [0, 0.05) is 29.7 Å². The van der Waals surface area contributed by atoms with Gasteiger partial charge in [-0.25, -0.2) is 0 Å². The van der Waals surface area contributed by atoms with Crippen LogP contribution in [0.15, 0.2) is 12.2 Å². The smallest absolute Gasteiger partial charge is 0.307 e. The zero-order chi connectivity index (χ0) is 21.2. The number of hydrogen-bond acceptors (Lipinski definition) is 5. The van der Waals surface area contributed by atoms with E-state index < -0.39 is 5.60 Å². The van der Waals surface area contributed by atoms with Crippen molar-refractivity contribution in [1.29, 1.82) is 0 Å². The monoisotopic (exact) mass is 403 g/mol. The molecule has 3 N–H and O–H groups in total. The minimum Gasteiger partial charge on any atom is -0.462 e. The van der Waals surface area contributed by atoms with E-state index in [1.807, 2.05) is 0 Å². The van der Waals surface area contributed by atoms with Gasteiger partial charge in [-0.15, -0.1) is 0 Å². The van der Waals surface area contributed by atoms with Crippen LogP contribution >= 0.6 is 0 Å². The minimum atomic E-state index is -0.904. The number of ether oxygens (including phenoxy) is 1. The molecule has 0 aliphatic heterocycles. The first-order valence-corrected chi connectivity index (χ1v) is 11.4. The van der Waals surface area contributed by atoms with Crippen LogP contribution < -0.4 is 5.73 Å². The molecule has 0 spiro atoms. The fourth-order valence-corrected chi connectivity index (χ4v) is 7.50. The second-order valence-electron chi connectivity index (χ2n) is 11.0. The lowest BCUT2D eigenvalue weighted by Crippen LogP contribution is -2.63. The molecule has 4 saturated carbocycles. The Hall–Kier alpha value is -1.20. The van der Waals surface area contributed by atoms with Gasteiger partial charge < -0.3 is 15.6 Å². The molecule has 5 heteroatoms. The lowest BCUT2D eigenvalue weighted by molar-refractivity contribution is -0.207. The molecule has 29 heavy (non-hydrogen) atoms. The van der Waals surface area contributed by atoms with Crippen LogP contribution in [0.3, 0.4) is 0 Å². The van der Waals surface area contributed by atoms with E-state index in [1.54, 1.807) is 6.92 Å². The molecule has 0 bridgehead atoms. The number of hydrogen-bond donors (Lipinski definition) is 2. The third-order valence-corrected chi connectivity index (χ3v) is 9.19. The van der Waals surface area contributed by atoms with Crippen molar-refractivity contribution >= 4 is 11.8 Å². The first-order valence-electron chi connectivity index (χ1n) is 11.4. The second kappa shape index (κ2) is 6.91. The van der Waals surface area contributed by atoms with Gasteiger partial charge in [0.2, 0.25) is 0 Å². The number of carbonyl (C=O) groups excluding carboxylic acids is 2. The average molecular weight is 404 g/mol. The van der Waals surface area contributed by atoms with Gasteiger partial charge in [-0.05, 0) is 63.2 Å². The van der Waals surface area contributed by atoms with Gasteiger partial charge in [0.1, 0.15) is 11.9 Å². The summed E-state index contributed by atoms with van der Waals surface area (Å²) < 4.78 is 5.68. The SMILES string of the molecule is C=C1C[C@@]2(O)C[C@@H](OC(=O)CC(C)N)CC[C@]2(C)[C@H]2CC[C@]3(C)C(=O)CC[C@H]3[C@H]12. The normalized spacial score (nSPS) is 47.8. The highest BCUT2D eigenvalue weighted by Crippen LogP contribution is 2.67. The van der Waals surface area contributed by atoms with Crippen molar-refractivity contribution in [2.45, 2.75) is 96.3 Å². The zero-order valence-electron chi connectivity index (χ0n) is 18.2. The first kappa shape index (κ1) is 21.0. The van der Waals surface area contributed by atoms with E-state index in [-0.39, 0.29) is 35.4 Å². The lowest BCUT2D eigenvalue weighted by Gasteiger charge is -2.64. The van der Waals surface area contributed by atoms with Gasteiger partial charge in [-0.1, -0.05) is 26.0 Å². The maximum absolute atomic E-state index is 12.6. The highest BCUT2D eigenvalue weighted by Gasteiger charge is 2.65. The molecule has 0 aromatic rings. The molecule has 1 unspecified atom stereocenters. The van der Waals surface area contributed by atoms with Crippen LogP contribution in [0.25, 0.3) is 0 Å². The Bertz CT molecular complexity index is 732. The Morgan fingerprint density at radius 3 is 2.69 bits per heavy atom. The van der Waals surface area contributed by atoms with Gasteiger partial charge in [-0.3, -0.25) is 9.59 Å². The summed E-state index contributed by atoms with van der Waals surface area (Å²) in [5.74, 6) is 1.18. The van der Waals surface area contributed by atoms with Crippen molar-refractivity contribution in [3.05, 3.63) is 12.2 Å². The molecule has 4 rings (SSSR count). The third kappa shape index (κ3) is 3.11.